The van der Waals surface area contributed by atoms with Gasteiger partial charge in [-0.15, -0.1) is 11.8 Å². The summed E-state index contributed by atoms with van der Waals surface area (Å²) in [5, 5.41) is 0. The van der Waals surface area contributed by atoms with Gasteiger partial charge < -0.3 is 9.30 Å². The Morgan fingerprint density at radius 1 is 1.24 bits per heavy atom. The van der Waals surface area contributed by atoms with Crippen LogP contribution in [0, 0.1) is 0 Å². The lowest BCUT2D eigenvalue weighted by Gasteiger charge is -2.03. The monoisotopic (exact) mass is 372 g/mol. The van der Waals surface area contributed by atoms with E-state index in [4.69, 9.17) is 4.74 Å². The summed E-state index contributed by atoms with van der Waals surface area (Å²) in [5.74, 6) is 0.674. The van der Waals surface area contributed by atoms with E-state index in [9.17, 15) is 4.79 Å². The number of hydrogen-bond acceptors (Lipinski definition) is 4. The Balaban J connectivity index is 1.83. The van der Waals surface area contributed by atoms with Crippen molar-refractivity contribution >= 4 is 39.2 Å². The number of benzene rings is 2. The maximum absolute atomic E-state index is 12.3. The first-order valence-electron chi connectivity index (χ1n) is 8.03. The predicted octanol–water partition coefficient (Wildman–Crippen LogP) is 4.03. The molecule has 3 rings (SSSR count). The molecule has 130 valence electrons. The summed E-state index contributed by atoms with van der Waals surface area (Å²) in [6.07, 6.45) is 2.34. The molecule has 0 aliphatic rings. The first-order chi connectivity index (χ1) is 12.1. The second kappa shape index (κ2) is 7.89. The van der Waals surface area contributed by atoms with E-state index in [0.29, 0.717) is 6.61 Å². The zero-order chi connectivity index (χ0) is 17.8. The maximum Gasteiger partial charge on any atom is 0.252 e. The highest BCUT2D eigenvalue weighted by molar-refractivity contribution is 7.98. The van der Waals surface area contributed by atoms with Gasteiger partial charge in [-0.05, 0) is 49.1 Å². The molecule has 0 aliphatic heterocycles. The average Bonchev–Trinajstić information content (AvgIpc) is 2.92. The third-order valence-corrected chi connectivity index (χ3v) is 5.65. The summed E-state index contributed by atoms with van der Waals surface area (Å²) in [5.41, 5.74) is 2.03. The summed E-state index contributed by atoms with van der Waals surface area (Å²) in [6, 6.07) is 13.9. The highest BCUT2D eigenvalue weighted by Gasteiger charge is 2.07. The van der Waals surface area contributed by atoms with E-state index in [1.165, 1.54) is 4.90 Å². The van der Waals surface area contributed by atoms with Gasteiger partial charge in [-0.2, -0.15) is 4.99 Å². The number of nitrogens with zero attached hydrogens (tertiary/aromatic N) is 2. The summed E-state index contributed by atoms with van der Waals surface area (Å²) >= 11 is 3.25. The van der Waals surface area contributed by atoms with Crippen LogP contribution >= 0.6 is 23.1 Å². The van der Waals surface area contributed by atoms with Crippen LogP contribution in [-0.4, -0.2) is 23.3 Å². The maximum atomic E-state index is 12.3. The van der Waals surface area contributed by atoms with Gasteiger partial charge in [0.2, 0.25) is 0 Å². The van der Waals surface area contributed by atoms with E-state index in [-0.39, 0.29) is 12.3 Å². The molecule has 0 saturated heterocycles. The molecule has 0 spiro atoms. The Morgan fingerprint density at radius 2 is 2.00 bits per heavy atom. The van der Waals surface area contributed by atoms with E-state index in [0.717, 1.165) is 26.3 Å². The number of aromatic nitrogens is 1. The largest absolute Gasteiger partial charge is 0.494 e. The number of fused-ring (bicyclic) bond motifs is 1. The lowest BCUT2D eigenvalue weighted by atomic mass is 10.1. The van der Waals surface area contributed by atoms with E-state index < -0.39 is 0 Å². The molecule has 0 saturated carbocycles. The van der Waals surface area contributed by atoms with Crippen molar-refractivity contribution in [3.05, 3.63) is 52.8 Å². The minimum Gasteiger partial charge on any atom is -0.494 e. The highest BCUT2D eigenvalue weighted by Crippen LogP contribution is 2.23. The summed E-state index contributed by atoms with van der Waals surface area (Å²) < 4.78 is 8.53. The molecular formula is C19H20N2O2S2. The van der Waals surface area contributed by atoms with Gasteiger partial charge in [-0.3, -0.25) is 4.79 Å². The molecule has 1 heterocycles. The van der Waals surface area contributed by atoms with Gasteiger partial charge in [0.25, 0.3) is 5.91 Å². The molecule has 0 radical (unpaired) electrons. The van der Waals surface area contributed by atoms with E-state index in [2.05, 4.69) is 29.4 Å². The highest BCUT2D eigenvalue weighted by atomic mass is 32.2. The molecule has 0 aliphatic carbocycles. The molecule has 0 fully saturated rings. The molecule has 2 aromatic carbocycles. The normalized spacial score (nSPS) is 11.9. The zero-order valence-corrected chi connectivity index (χ0v) is 16.1. The molecule has 6 heteroatoms. The SMILES string of the molecule is CCOc1ccc(CC(=O)N=c2sc3cc(SC)ccc3n2C)cc1. The van der Waals surface area contributed by atoms with Crippen molar-refractivity contribution in [2.45, 2.75) is 18.2 Å². The molecule has 1 amide bonds. The van der Waals surface area contributed by atoms with Crippen molar-refractivity contribution in [2.24, 2.45) is 12.0 Å². The average molecular weight is 373 g/mol. The summed E-state index contributed by atoms with van der Waals surface area (Å²) in [6.45, 7) is 2.58. The molecule has 1 aromatic heterocycles. The van der Waals surface area contributed by atoms with Gasteiger partial charge in [-0.1, -0.05) is 23.5 Å². The predicted molar refractivity (Wildman–Crippen MR) is 104 cm³/mol. The van der Waals surface area contributed by atoms with E-state index >= 15 is 0 Å². The first-order valence-corrected chi connectivity index (χ1v) is 10.1. The van der Waals surface area contributed by atoms with Gasteiger partial charge in [0.15, 0.2) is 4.80 Å². The van der Waals surface area contributed by atoms with E-state index in [1.807, 2.05) is 42.8 Å². The molecule has 0 atom stereocenters. The number of thiazole rings is 1. The lowest BCUT2D eigenvalue weighted by Crippen LogP contribution is -2.14. The van der Waals surface area contributed by atoms with Crippen molar-refractivity contribution in [1.82, 2.24) is 4.57 Å². The fourth-order valence-corrected chi connectivity index (χ4v) is 4.13. The van der Waals surface area contributed by atoms with Crippen LogP contribution in [0.25, 0.3) is 10.2 Å². The zero-order valence-electron chi connectivity index (χ0n) is 14.5. The smallest absolute Gasteiger partial charge is 0.252 e. The molecule has 0 unspecified atom stereocenters. The standard InChI is InChI=1S/C19H20N2O2S2/c1-4-23-14-7-5-13(6-8-14)11-18(22)20-19-21(2)16-10-9-15(24-3)12-17(16)25-19/h5-10,12H,4,11H2,1-3H3. The number of thioether (sulfide) groups is 1. The quantitative estimate of drug-likeness (QED) is 0.635. The number of rotatable bonds is 5. The molecule has 3 aromatic rings. The van der Waals surface area contributed by atoms with Crippen LogP contribution in [0.1, 0.15) is 12.5 Å². The Labute approximate surface area is 155 Å². The van der Waals surface area contributed by atoms with Crippen LogP contribution in [0.5, 0.6) is 5.75 Å². The Morgan fingerprint density at radius 3 is 2.68 bits per heavy atom. The summed E-state index contributed by atoms with van der Waals surface area (Å²) in [7, 11) is 1.95. The molecule has 0 bridgehead atoms. The van der Waals surface area contributed by atoms with Crippen LogP contribution in [0.3, 0.4) is 0 Å². The van der Waals surface area contributed by atoms with Gasteiger partial charge in [0.05, 0.1) is 23.2 Å². The van der Waals surface area contributed by atoms with Crippen LogP contribution in [0.15, 0.2) is 52.4 Å². The molecular weight excluding hydrogens is 352 g/mol. The number of carbonyl (C=O) groups is 1. The van der Waals surface area contributed by atoms with Crippen LogP contribution < -0.4 is 9.54 Å². The fraction of sp³-hybridized carbons (Fsp3) is 0.263. The Bertz CT molecular complexity index is 956. The second-order valence-corrected chi connectivity index (χ2v) is 7.43. The number of carbonyl (C=O) groups excluding carboxylic acids is 1. The first kappa shape index (κ1) is 17.8. The van der Waals surface area contributed by atoms with Gasteiger partial charge in [0.1, 0.15) is 5.75 Å². The van der Waals surface area contributed by atoms with Crippen molar-refractivity contribution < 1.29 is 9.53 Å². The second-order valence-electron chi connectivity index (χ2n) is 5.54. The number of aryl methyl sites for hydroxylation is 1. The number of ether oxygens (including phenoxy) is 1. The van der Waals surface area contributed by atoms with Gasteiger partial charge >= 0.3 is 0 Å². The minimum atomic E-state index is -0.142. The summed E-state index contributed by atoms with van der Waals surface area (Å²) in [4.78, 5) is 18.6. The number of hydrogen-bond donors (Lipinski definition) is 0. The lowest BCUT2D eigenvalue weighted by molar-refractivity contribution is -0.117. The van der Waals surface area contributed by atoms with Gasteiger partial charge in [0, 0.05) is 11.9 Å². The third-order valence-electron chi connectivity index (χ3n) is 3.83. The molecule has 0 N–H and O–H groups in total. The van der Waals surface area contributed by atoms with Crippen molar-refractivity contribution in [2.75, 3.05) is 12.9 Å². The van der Waals surface area contributed by atoms with E-state index in [1.54, 1.807) is 23.1 Å². The molecule has 25 heavy (non-hydrogen) atoms. The van der Waals surface area contributed by atoms with Crippen molar-refractivity contribution in [1.29, 1.82) is 0 Å². The van der Waals surface area contributed by atoms with Crippen LogP contribution in [-0.2, 0) is 18.3 Å². The topological polar surface area (TPSA) is 43.6 Å². The Hall–Kier alpha value is -2.05. The van der Waals surface area contributed by atoms with Crippen LogP contribution in [0.2, 0.25) is 0 Å². The Kier molecular flexibility index (Phi) is 5.60. The third kappa shape index (κ3) is 4.14. The van der Waals surface area contributed by atoms with Crippen molar-refractivity contribution in [3.8, 4) is 5.75 Å². The minimum absolute atomic E-state index is 0.142. The fourth-order valence-electron chi connectivity index (χ4n) is 2.54. The molecule has 4 nitrogen and oxygen atoms in total. The van der Waals surface area contributed by atoms with Gasteiger partial charge in [-0.25, -0.2) is 0 Å². The number of amides is 1. The van der Waals surface area contributed by atoms with Crippen molar-refractivity contribution in [3.63, 3.8) is 0 Å². The van der Waals surface area contributed by atoms with Crippen LogP contribution in [0.4, 0.5) is 0 Å².